The van der Waals surface area contributed by atoms with Gasteiger partial charge < -0.3 is 19.9 Å². The predicted molar refractivity (Wildman–Crippen MR) is 64.8 cm³/mol. The van der Waals surface area contributed by atoms with Crippen molar-refractivity contribution in [3.63, 3.8) is 0 Å². The molecule has 1 aromatic carbocycles. The number of halogens is 1. The molecule has 0 unspecified atom stereocenters. The summed E-state index contributed by atoms with van der Waals surface area (Å²) in [5.41, 5.74) is 5.78. The summed E-state index contributed by atoms with van der Waals surface area (Å²) in [4.78, 5) is 12.0. The number of nitrogens with two attached hydrogens (primary N) is 1. The average Bonchev–Trinajstić information content (AvgIpc) is 2.74. The van der Waals surface area contributed by atoms with Gasteiger partial charge in [-0.15, -0.1) is 0 Å². The van der Waals surface area contributed by atoms with Crippen molar-refractivity contribution in [2.24, 2.45) is 5.73 Å². The Hall–Kier alpha value is -1.27. The number of carbonyl (C=O) groups excluding carboxylic acids is 1. The number of ketones is 1. The molecule has 0 spiro atoms. The molecule has 0 saturated heterocycles. The highest BCUT2D eigenvalue weighted by Gasteiger charge is 2.28. The van der Waals surface area contributed by atoms with Crippen molar-refractivity contribution in [1.29, 1.82) is 0 Å². The fourth-order valence-electron chi connectivity index (χ4n) is 1.70. The number of hydrogen-bond donors (Lipinski definition) is 1. The molecule has 1 heterocycles. The molecule has 2 N–H and O–H groups in total. The highest BCUT2D eigenvalue weighted by atomic mass is 79.9. The lowest BCUT2D eigenvalue weighted by Gasteiger charge is -2.12. The number of hydrogen-bond acceptors (Lipinski definition) is 5. The monoisotopic (exact) mass is 301 g/mol. The summed E-state index contributed by atoms with van der Waals surface area (Å²) in [5.74, 6) is 1.31. The highest BCUT2D eigenvalue weighted by Crippen LogP contribution is 2.45. The van der Waals surface area contributed by atoms with Gasteiger partial charge in [-0.25, -0.2) is 0 Å². The van der Waals surface area contributed by atoms with Gasteiger partial charge in [0.1, 0.15) is 11.3 Å². The van der Waals surface area contributed by atoms with Crippen LogP contribution in [0.3, 0.4) is 0 Å². The number of rotatable bonds is 4. The normalized spacial score (nSPS) is 12.6. The molecule has 1 aromatic rings. The van der Waals surface area contributed by atoms with E-state index in [2.05, 4.69) is 15.9 Å². The molecular weight excluding hydrogens is 290 g/mol. The van der Waals surface area contributed by atoms with Crippen LogP contribution < -0.4 is 19.9 Å². The summed E-state index contributed by atoms with van der Waals surface area (Å²) >= 11 is 3.34. The van der Waals surface area contributed by atoms with Crippen LogP contribution in [0.1, 0.15) is 16.8 Å². The zero-order valence-corrected chi connectivity index (χ0v) is 10.9. The summed E-state index contributed by atoms with van der Waals surface area (Å²) in [5, 5.41) is 0. The minimum absolute atomic E-state index is 0.109. The lowest BCUT2D eigenvalue weighted by molar-refractivity contribution is 0.0977. The molecule has 0 aliphatic carbocycles. The highest BCUT2D eigenvalue weighted by molar-refractivity contribution is 9.10. The Bertz CT molecular complexity index is 458. The molecule has 5 nitrogen and oxygen atoms in total. The van der Waals surface area contributed by atoms with Crippen LogP contribution in [0.25, 0.3) is 0 Å². The van der Waals surface area contributed by atoms with E-state index in [1.165, 1.54) is 7.11 Å². The average molecular weight is 302 g/mol. The fraction of sp³-hybridized carbons (Fsp3) is 0.364. The van der Waals surface area contributed by atoms with Crippen LogP contribution in [0.5, 0.6) is 17.2 Å². The van der Waals surface area contributed by atoms with Gasteiger partial charge in [0.25, 0.3) is 0 Å². The number of Topliss-reactive ketones (excluding diaryl/α,β-unsaturated/α-hetero) is 1. The first-order chi connectivity index (χ1) is 8.19. The van der Waals surface area contributed by atoms with Gasteiger partial charge in [0.2, 0.25) is 6.79 Å². The Morgan fingerprint density at radius 2 is 2.35 bits per heavy atom. The summed E-state index contributed by atoms with van der Waals surface area (Å²) in [6, 6.07) is 1.72. The van der Waals surface area contributed by atoms with Crippen molar-refractivity contribution in [3.8, 4) is 17.2 Å². The smallest absolute Gasteiger partial charge is 0.231 e. The van der Waals surface area contributed by atoms with E-state index in [-0.39, 0.29) is 25.5 Å². The van der Waals surface area contributed by atoms with E-state index in [0.29, 0.717) is 27.3 Å². The topological polar surface area (TPSA) is 70.8 Å². The molecule has 17 heavy (non-hydrogen) atoms. The number of carbonyl (C=O) groups is 1. The van der Waals surface area contributed by atoms with Gasteiger partial charge in [-0.1, -0.05) is 0 Å². The van der Waals surface area contributed by atoms with Gasteiger partial charge in [-0.05, 0) is 22.5 Å². The second kappa shape index (κ2) is 4.93. The van der Waals surface area contributed by atoms with Crippen molar-refractivity contribution in [1.82, 2.24) is 0 Å². The SMILES string of the molecule is COc1c(Br)cc2c(c1C(=O)CCN)OCO2. The maximum Gasteiger partial charge on any atom is 0.231 e. The summed E-state index contributed by atoms with van der Waals surface area (Å²) in [6.45, 7) is 0.391. The third kappa shape index (κ3) is 2.10. The fourth-order valence-corrected chi connectivity index (χ4v) is 2.27. The van der Waals surface area contributed by atoms with Crippen molar-refractivity contribution < 1.29 is 19.0 Å². The Labute approximate surface area is 107 Å². The number of ether oxygens (including phenoxy) is 3. The second-order valence-corrected chi connectivity index (χ2v) is 4.32. The molecular formula is C11H12BrNO4. The van der Waals surface area contributed by atoms with Crippen molar-refractivity contribution >= 4 is 21.7 Å². The maximum absolute atomic E-state index is 12.0. The molecule has 92 valence electrons. The van der Waals surface area contributed by atoms with Crippen LogP contribution in [-0.4, -0.2) is 26.2 Å². The van der Waals surface area contributed by atoms with Crippen LogP contribution in [-0.2, 0) is 0 Å². The van der Waals surface area contributed by atoms with E-state index in [1.54, 1.807) is 6.07 Å². The van der Waals surface area contributed by atoms with E-state index in [1.807, 2.05) is 0 Å². The lowest BCUT2D eigenvalue weighted by atomic mass is 10.1. The largest absolute Gasteiger partial charge is 0.495 e. The van der Waals surface area contributed by atoms with Gasteiger partial charge in [-0.3, -0.25) is 4.79 Å². The van der Waals surface area contributed by atoms with E-state index in [4.69, 9.17) is 19.9 Å². The first kappa shape index (κ1) is 12.2. The Morgan fingerprint density at radius 1 is 1.59 bits per heavy atom. The number of benzene rings is 1. The quantitative estimate of drug-likeness (QED) is 0.858. The van der Waals surface area contributed by atoms with E-state index < -0.39 is 0 Å². The molecule has 2 rings (SSSR count). The predicted octanol–water partition coefficient (Wildman–Crippen LogP) is 1.72. The minimum atomic E-state index is -0.118. The van der Waals surface area contributed by atoms with Crippen LogP contribution in [0.15, 0.2) is 10.5 Å². The summed E-state index contributed by atoms with van der Waals surface area (Å²) in [7, 11) is 1.50. The first-order valence-corrected chi connectivity index (χ1v) is 5.87. The van der Waals surface area contributed by atoms with E-state index in [9.17, 15) is 4.79 Å². The van der Waals surface area contributed by atoms with Gasteiger partial charge in [0.15, 0.2) is 17.3 Å². The zero-order valence-electron chi connectivity index (χ0n) is 9.29. The molecule has 0 aromatic heterocycles. The van der Waals surface area contributed by atoms with Gasteiger partial charge in [-0.2, -0.15) is 0 Å². The molecule has 1 aliphatic rings. The number of fused-ring (bicyclic) bond motifs is 1. The summed E-state index contributed by atoms with van der Waals surface area (Å²) < 4.78 is 16.4. The minimum Gasteiger partial charge on any atom is -0.495 e. The van der Waals surface area contributed by atoms with Crippen LogP contribution >= 0.6 is 15.9 Å². The van der Waals surface area contributed by atoms with Gasteiger partial charge in [0.05, 0.1) is 11.6 Å². The van der Waals surface area contributed by atoms with Crippen molar-refractivity contribution in [3.05, 3.63) is 16.1 Å². The second-order valence-electron chi connectivity index (χ2n) is 3.46. The molecule has 0 fully saturated rings. The van der Waals surface area contributed by atoms with Gasteiger partial charge in [0, 0.05) is 12.5 Å². The molecule has 1 aliphatic heterocycles. The molecule has 0 bridgehead atoms. The lowest BCUT2D eigenvalue weighted by Crippen LogP contribution is -2.10. The third-order valence-electron chi connectivity index (χ3n) is 2.42. The van der Waals surface area contributed by atoms with Crippen LogP contribution in [0.4, 0.5) is 0 Å². The van der Waals surface area contributed by atoms with Crippen LogP contribution in [0, 0.1) is 0 Å². The molecule has 0 atom stereocenters. The van der Waals surface area contributed by atoms with Gasteiger partial charge >= 0.3 is 0 Å². The third-order valence-corrected chi connectivity index (χ3v) is 3.01. The Balaban J connectivity index is 2.57. The zero-order chi connectivity index (χ0) is 12.4. The van der Waals surface area contributed by atoms with Crippen molar-refractivity contribution in [2.75, 3.05) is 20.4 Å². The standard InChI is InChI=1S/C11H12BrNO4/c1-15-10-6(12)4-8-11(17-5-16-8)9(10)7(14)2-3-13/h4H,2-3,5,13H2,1H3. The first-order valence-electron chi connectivity index (χ1n) is 5.08. The Morgan fingerprint density at radius 3 is 3.00 bits per heavy atom. The van der Waals surface area contributed by atoms with E-state index in [0.717, 1.165) is 0 Å². The molecule has 0 saturated carbocycles. The van der Waals surface area contributed by atoms with E-state index >= 15 is 0 Å². The van der Waals surface area contributed by atoms with Crippen molar-refractivity contribution in [2.45, 2.75) is 6.42 Å². The molecule has 0 amide bonds. The maximum atomic E-state index is 12.0. The molecule has 0 radical (unpaired) electrons. The number of methoxy groups -OCH3 is 1. The Kier molecular flexibility index (Phi) is 3.54. The van der Waals surface area contributed by atoms with Crippen LogP contribution in [0.2, 0.25) is 0 Å². The summed E-state index contributed by atoms with van der Waals surface area (Å²) in [6.07, 6.45) is 0.239. The molecule has 6 heteroatoms.